The number of nitrogens with one attached hydrogen (secondary N) is 1. The van der Waals surface area contributed by atoms with E-state index < -0.39 is 29.6 Å². The normalized spacial score (nSPS) is 15.4. The number of rotatable bonds is 5. The Morgan fingerprint density at radius 1 is 1.17 bits per heavy atom. The minimum Gasteiger partial charge on any atom is -0.493 e. The van der Waals surface area contributed by atoms with Crippen LogP contribution in [0.4, 0.5) is 14.9 Å². The lowest BCUT2D eigenvalue weighted by Crippen LogP contribution is -2.54. The van der Waals surface area contributed by atoms with Gasteiger partial charge >= 0.3 is 12.0 Å². The third-order valence-electron chi connectivity index (χ3n) is 4.03. The maximum atomic E-state index is 13.1. The molecule has 0 saturated carbocycles. The average Bonchev–Trinajstić information content (AvgIpc) is 2.67. The van der Waals surface area contributed by atoms with Gasteiger partial charge in [0, 0.05) is 0 Å². The van der Waals surface area contributed by atoms with E-state index in [-0.39, 0.29) is 34.7 Å². The fourth-order valence-corrected chi connectivity index (χ4v) is 2.73. The van der Waals surface area contributed by atoms with Crippen molar-refractivity contribution in [2.75, 3.05) is 11.5 Å². The molecule has 1 aliphatic heterocycles. The van der Waals surface area contributed by atoms with Gasteiger partial charge in [0.25, 0.3) is 11.8 Å². The quantitative estimate of drug-likeness (QED) is 0.591. The van der Waals surface area contributed by atoms with Crippen LogP contribution in [0.25, 0.3) is 6.08 Å². The number of carboxylic acids is 1. The van der Waals surface area contributed by atoms with Gasteiger partial charge in [-0.05, 0) is 55.0 Å². The van der Waals surface area contributed by atoms with Crippen molar-refractivity contribution in [2.24, 2.45) is 0 Å². The summed E-state index contributed by atoms with van der Waals surface area (Å²) in [4.78, 5) is 49.2. The maximum Gasteiger partial charge on any atom is 0.339 e. The van der Waals surface area contributed by atoms with Crippen molar-refractivity contribution in [1.29, 1.82) is 0 Å². The minimum absolute atomic E-state index is 0.0743. The van der Waals surface area contributed by atoms with Crippen molar-refractivity contribution in [2.45, 2.75) is 6.92 Å². The number of barbiturate groups is 1. The molecule has 0 unspecified atom stereocenters. The van der Waals surface area contributed by atoms with E-state index in [2.05, 4.69) is 0 Å². The van der Waals surface area contributed by atoms with Crippen LogP contribution in [0.3, 0.4) is 0 Å². The molecule has 1 aliphatic rings. The van der Waals surface area contributed by atoms with E-state index in [1.54, 1.807) is 6.92 Å². The van der Waals surface area contributed by atoms with Crippen molar-refractivity contribution in [3.63, 3.8) is 0 Å². The molecule has 2 N–H and O–H groups in total. The SMILES string of the molecule is CCOc1ccc(C=C2C(=O)NC(=O)N(c3ccc(F)cc3)C2=O)cc1C(=O)O. The summed E-state index contributed by atoms with van der Waals surface area (Å²) in [6.07, 6.45) is 1.17. The van der Waals surface area contributed by atoms with Crippen LogP contribution in [0.15, 0.2) is 48.0 Å². The van der Waals surface area contributed by atoms with Crippen LogP contribution in [-0.2, 0) is 9.59 Å². The van der Waals surface area contributed by atoms with Crippen molar-refractivity contribution >= 4 is 35.6 Å². The summed E-state index contributed by atoms with van der Waals surface area (Å²) in [6, 6.07) is 7.75. The van der Waals surface area contributed by atoms with Gasteiger partial charge in [-0.25, -0.2) is 18.9 Å². The molecule has 0 aromatic heterocycles. The summed E-state index contributed by atoms with van der Waals surface area (Å²) >= 11 is 0. The number of amides is 4. The molecule has 2 aromatic carbocycles. The van der Waals surface area contributed by atoms with Gasteiger partial charge in [0.1, 0.15) is 22.7 Å². The molecule has 0 atom stereocenters. The molecule has 9 heteroatoms. The van der Waals surface area contributed by atoms with Crippen molar-refractivity contribution in [1.82, 2.24) is 5.32 Å². The standard InChI is InChI=1S/C20H15FN2O6/c1-2-29-16-8-3-11(9-14(16)19(26)27)10-15-17(24)22-20(28)23(18(15)25)13-6-4-12(21)5-7-13/h3-10H,2H2,1H3,(H,26,27)(H,22,24,28). The number of urea groups is 1. The lowest BCUT2D eigenvalue weighted by atomic mass is 10.0. The highest BCUT2D eigenvalue weighted by atomic mass is 19.1. The second kappa shape index (κ2) is 7.93. The largest absolute Gasteiger partial charge is 0.493 e. The Morgan fingerprint density at radius 2 is 1.86 bits per heavy atom. The molecule has 0 radical (unpaired) electrons. The second-order valence-corrected chi connectivity index (χ2v) is 5.93. The first-order valence-corrected chi connectivity index (χ1v) is 8.49. The predicted molar refractivity (Wildman–Crippen MR) is 100.0 cm³/mol. The molecule has 1 saturated heterocycles. The molecule has 4 amide bonds. The number of imide groups is 2. The van der Waals surface area contributed by atoms with Crippen molar-refractivity contribution < 1.29 is 33.4 Å². The van der Waals surface area contributed by atoms with Gasteiger partial charge in [-0.2, -0.15) is 0 Å². The van der Waals surface area contributed by atoms with E-state index in [9.17, 15) is 28.7 Å². The molecule has 2 aromatic rings. The third-order valence-corrected chi connectivity index (χ3v) is 4.03. The van der Waals surface area contributed by atoms with Gasteiger partial charge in [0.15, 0.2) is 0 Å². The molecule has 1 fully saturated rings. The Bertz CT molecular complexity index is 1050. The van der Waals surface area contributed by atoms with Crippen molar-refractivity contribution in [3.8, 4) is 5.75 Å². The number of halogens is 1. The summed E-state index contributed by atoms with van der Waals surface area (Å²) in [5, 5.41) is 11.4. The summed E-state index contributed by atoms with van der Waals surface area (Å²) in [5.74, 6) is -3.50. The number of hydrogen-bond donors (Lipinski definition) is 2. The van der Waals surface area contributed by atoms with Gasteiger partial charge < -0.3 is 9.84 Å². The predicted octanol–water partition coefficient (Wildman–Crippen LogP) is 2.59. The van der Waals surface area contributed by atoms with Crippen LogP contribution in [0.5, 0.6) is 5.75 Å². The summed E-state index contributed by atoms with van der Waals surface area (Å²) in [5.41, 5.74) is -0.200. The Labute approximate surface area is 164 Å². The second-order valence-electron chi connectivity index (χ2n) is 5.93. The Kier molecular flexibility index (Phi) is 5.40. The maximum absolute atomic E-state index is 13.1. The van der Waals surface area contributed by atoms with Gasteiger partial charge in [0.05, 0.1) is 12.3 Å². The van der Waals surface area contributed by atoms with Crippen molar-refractivity contribution in [3.05, 3.63) is 65.0 Å². The van der Waals surface area contributed by atoms with E-state index in [1.165, 1.54) is 36.4 Å². The smallest absolute Gasteiger partial charge is 0.339 e. The summed E-state index contributed by atoms with van der Waals surface area (Å²) < 4.78 is 18.4. The van der Waals surface area contributed by atoms with E-state index in [0.717, 1.165) is 12.1 Å². The molecule has 29 heavy (non-hydrogen) atoms. The highest BCUT2D eigenvalue weighted by molar-refractivity contribution is 6.39. The summed E-state index contributed by atoms with van der Waals surface area (Å²) in [7, 11) is 0. The number of hydrogen-bond acceptors (Lipinski definition) is 5. The fraction of sp³-hybridized carbons (Fsp3) is 0.100. The van der Waals surface area contributed by atoms with Crippen LogP contribution >= 0.6 is 0 Å². The van der Waals surface area contributed by atoms with E-state index in [1.807, 2.05) is 5.32 Å². The van der Waals surface area contributed by atoms with Crippen LogP contribution in [0.2, 0.25) is 0 Å². The first-order chi connectivity index (χ1) is 13.8. The number of aromatic carboxylic acids is 1. The molecule has 0 aliphatic carbocycles. The van der Waals surface area contributed by atoms with Gasteiger partial charge in [0.2, 0.25) is 0 Å². The first kappa shape index (κ1) is 19.7. The summed E-state index contributed by atoms with van der Waals surface area (Å²) in [6.45, 7) is 1.96. The number of nitrogens with zero attached hydrogens (tertiary/aromatic N) is 1. The fourth-order valence-electron chi connectivity index (χ4n) is 2.73. The number of carbonyl (C=O) groups excluding carboxylic acids is 3. The van der Waals surface area contributed by atoms with E-state index >= 15 is 0 Å². The molecule has 3 rings (SSSR count). The molecule has 1 heterocycles. The van der Waals surface area contributed by atoms with Gasteiger partial charge in [-0.1, -0.05) is 6.07 Å². The molecule has 0 bridgehead atoms. The molecule has 0 spiro atoms. The Balaban J connectivity index is 2.01. The number of anilines is 1. The number of benzene rings is 2. The lowest BCUT2D eigenvalue weighted by molar-refractivity contribution is -0.122. The Hall–Kier alpha value is -4.01. The molecular formula is C20H15FN2O6. The highest BCUT2D eigenvalue weighted by Crippen LogP contribution is 2.25. The van der Waals surface area contributed by atoms with Crippen LogP contribution in [-0.4, -0.2) is 35.5 Å². The molecule has 8 nitrogen and oxygen atoms in total. The monoisotopic (exact) mass is 398 g/mol. The number of ether oxygens (including phenoxy) is 1. The van der Waals surface area contributed by atoms with Gasteiger partial charge in [-0.15, -0.1) is 0 Å². The lowest BCUT2D eigenvalue weighted by Gasteiger charge is -2.26. The van der Waals surface area contributed by atoms with Crippen LogP contribution in [0.1, 0.15) is 22.8 Å². The highest BCUT2D eigenvalue weighted by Gasteiger charge is 2.36. The van der Waals surface area contributed by atoms with E-state index in [0.29, 0.717) is 4.90 Å². The zero-order chi connectivity index (χ0) is 21.1. The average molecular weight is 398 g/mol. The number of carboxylic acid groups (broad SMARTS) is 1. The third kappa shape index (κ3) is 3.98. The Morgan fingerprint density at radius 3 is 2.48 bits per heavy atom. The number of carbonyl (C=O) groups is 4. The minimum atomic E-state index is -1.24. The topological polar surface area (TPSA) is 113 Å². The molecule has 148 valence electrons. The molecular weight excluding hydrogens is 383 g/mol. The first-order valence-electron chi connectivity index (χ1n) is 8.49. The zero-order valence-electron chi connectivity index (χ0n) is 15.1. The van der Waals surface area contributed by atoms with Crippen LogP contribution in [0, 0.1) is 5.82 Å². The van der Waals surface area contributed by atoms with Gasteiger partial charge in [-0.3, -0.25) is 14.9 Å². The van der Waals surface area contributed by atoms with E-state index in [4.69, 9.17) is 4.74 Å². The van der Waals surface area contributed by atoms with Crippen LogP contribution < -0.4 is 15.0 Å². The zero-order valence-corrected chi connectivity index (χ0v) is 15.1.